The van der Waals surface area contributed by atoms with E-state index < -0.39 is 5.60 Å². The van der Waals surface area contributed by atoms with Gasteiger partial charge in [0.25, 0.3) is 0 Å². The monoisotopic (exact) mass is 339 g/mol. The van der Waals surface area contributed by atoms with E-state index in [4.69, 9.17) is 16.0 Å². The van der Waals surface area contributed by atoms with E-state index in [0.717, 1.165) is 5.56 Å². The third kappa shape index (κ3) is 5.09. The lowest BCUT2D eigenvalue weighted by atomic mass is 10.0. The van der Waals surface area contributed by atoms with Gasteiger partial charge in [-0.25, -0.2) is 0 Å². The first kappa shape index (κ1) is 16.9. The molecule has 6 heteroatoms. The van der Waals surface area contributed by atoms with Crippen LogP contribution in [0.5, 0.6) is 0 Å². The largest absolute Gasteiger partial charge is 0.466 e. The van der Waals surface area contributed by atoms with Crippen molar-refractivity contribution in [2.45, 2.75) is 18.3 Å². The summed E-state index contributed by atoms with van der Waals surface area (Å²) in [4.78, 5) is 11.8. The van der Waals surface area contributed by atoms with Gasteiger partial charge in [-0.05, 0) is 36.8 Å². The van der Waals surface area contributed by atoms with Gasteiger partial charge in [0.15, 0.2) is 0 Å². The molecule has 1 atom stereocenters. The molecule has 0 radical (unpaired) electrons. The Kier molecular flexibility index (Phi) is 5.94. The molecule has 0 fully saturated rings. The number of carbonyl (C=O) groups is 1. The highest BCUT2D eigenvalue weighted by Gasteiger charge is 2.26. The minimum Gasteiger partial charge on any atom is -0.466 e. The summed E-state index contributed by atoms with van der Waals surface area (Å²) in [7, 11) is 0. The van der Waals surface area contributed by atoms with E-state index in [1.807, 2.05) is 24.3 Å². The van der Waals surface area contributed by atoms with Crippen LogP contribution in [0.25, 0.3) is 0 Å². The topological polar surface area (TPSA) is 62.5 Å². The van der Waals surface area contributed by atoms with Gasteiger partial charge in [0, 0.05) is 10.8 Å². The molecule has 4 nitrogen and oxygen atoms in total. The summed E-state index contributed by atoms with van der Waals surface area (Å²) in [5.41, 5.74) is -0.135. The molecule has 0 spiro atoms. The van der Waals surface area contributed by atoms with Gasteiger partial charge < -0.3 is 14.8 Å². The zero-order valence-electron chi connectivity index (χ0n) is 12.2. The molecular weight excluding hydrogens is 322 g/mol. The third-order valence-corrected chi connectivity index (χ3v) is 4.31. The predicted molar refractivity (Wildman–Crippen MR) is 88.9 cm³/mol. The quantitative estimate of drug-likeness (QED) is 0.813. The average molecular weight is 340 g/mol. The molecule has 0 saturated carbocycles. The van der Waals surface area contributed by atoms with Gasteiger partial charge in [-0.3, -0.25) is 4.79 Å². The van der Waals surface area contributed by atoms with Crippen LogP contribution in [0.15, 0.2) is 47.1 Å². The maximum Gasteiger partial charge on any atom is 0.230 e. The fraction of sp³-hybridized carbons (Fsp3) is 0.312. The number of nitrogens with one attached hydrogen (secondary N) is 1. The van der Waals surface area contributed by atoms with E-state index in [-0.39, 0.29) is 12.5 Å². The first-order valence-corrected chi connectivity index (χ1v) is 8.36. The Bertz CT molecular complexity index is 614. The van der Waals surface area contributed by atoms with Crippen molar-refractivity contribution in [3.05, 3.63) is 59.0 Å². The Morgan fingerprint density at radius 3 is 2.91 bits per heavy atom. The molecule has 2 N–H and O–H groups in total. The van der Waals surface area contributed by atoms with E-state index in [1.165, 1.54) is 18.0 Å². The molecule has 1 amide bonds. The molecule has 118 valence electrons. The van der Waals surface area contributed by atoms with Gasteiger partial charge in [-0.1, -0.05) is 23.7 Å². The number of hydrogen-bond donors (Lipinski definition) is 2. The van der Waals surface area contributed by atoms with Crippen LogP contribution in [-0.2, 0) is 16.1 Å². The lowest BCUT2D eigenvalue weighted by Gasteiger charge is -2.21. The summed E-state index contributed by atoms with van der Waals surface area (Å²) < 4.78 is 5.16. The second kappa shape index (κ2) is 7.72. The second-order valence-corrected chi connectivity index (χ2v) is 6.57. The molecular formula is C16H18ClNO3S. The molecule has 1 unspecified atom stereocenters. The Labute approximate surface area is 138 Å². The van der Waals surface area contributed by atoms with Crippen LogP contribution in [0.1, 0.15) is 18.2 Å². The highest BCUT2D eigenvalue weighted by atomic mass is 35.5. The number of amides is 1. The molecule has 1 aromatic carbocycles. The molecule has 0 aliphatic heterocycles. The van der Waals surface area contributed by atoms with Gasteiger partial charge in [0.1, 0.15) is 11.4 Å². The molecule has 2 aromatic rings. The van der Waals surface area contributed by atoms with Crippen molar-refractivity contribution in [3.8, 4) is 0 Å². The van der Waals surface area contributed by atoms with Crippen LogP contribution in [-0.4, -0.2) is 23.3 Å². The maximum absolute atomic E-state index is 11.8. The van der Waals surface area contributed by atoms with Crippen LogP contribution >= 0.6 is 23.4 Å². The van der Waals surface area contributed by atoms with Gasteiger partial charge in [-0.15, -0.1) is 11.8 Å². The first-order valence-electron chi connectivity index (χ1n) is 6.82. The van der Waals surface area contributed by atoms with Crippen LogP contribution in [0.3, 0.4) is 0 Å². The van der Waals surface area contributed by atoms with Gasteiger partial charge in [-0.2, -0.15) is 0 Å². The Balaban J connectivity index is 1.72. The van der Waals surface area contributed by atoms with Gasteiger partial charge >= 0.3 is 0 Å². The molecule has 0 aliphatic rings. The third-order valence-electron chi connectivity index (χ3n) is 3.07. The molecule has 22 heavy (non-hydrogen) atoms. The normalized spacial score (nSPS) is 13.6. The maximum atomic E-state index is 11.8. The summed E-state index contributed by atoms with van der Waals surface area (Å²) in [6, 6.07) is 10.9. The van der Waals surface area contributed by atoms with E-state index >= 15 is 0 Å². The minimum absolute atomic E-state index is 0.108. The SMILES string of the molecule is CC(O)(CNC(=O)CSCc1cccc(Cl)c1)c1ccco1. The van der Waals surface area contributed by atoms with Crippen LogP contribution in [0, 0.1) is 0 Å². The Morgan fingerprint density at radius 1 is 1.41 bits per heavy atom. The highest BCUT2D eigenvalue weighted by molar-refractivity contribution is 7.99. The summed E-state index contributed by atoms with van der Waals surface area (Å²) in [6.07, 6.45) is 1.49. The van der Waals surface area contributed by atoms with Crippen LogP contribution in [0.2, 0.25) is 5.02 Å². The molecule has 0 bridgehead atoms. The Hall–Kier alpha value is -1.43. The number of aliphatic hydroxyl groups is 1. The van der Waals surface area contributed by atoms with Crippen LogP contribution in [0.4, 0.5) is 0 Å². The molecule has 1 aromatic heterocycles. The van der Waals surface area contributed by atoms with E-state index in [1.54, 1.807) is 19.1 Å². The zero-order chi connectivity index (χ0) is 16.0. The zero-order valence-corrected chi connectivity index (χ0v) is 13.8. The number of benzene rings is 1. The van der Waals surface area contributed by atoms with Gasteiger partial charge in [0.2, 0.25) is 5.91 Å². The smallest absolute Gasteiger partial charge is 0.230 e. The van der Waals surface area contributed by atoms with Crippen molar-refractivity contribution < 1.29 is 14.3 Å². The summed E-state index contributed by atoms with van der Waals surface area (Å²) in [6.45, 7) is 1.71. The Morgan fingerprint density at radius 2 is 2.23 bits per heavy atom. The molecule has 0 saturated heterocycles. The molecule has 0 aliphatic carbocycles. The fourth-order valence-electron chi connectivity index (χ4n) is 1.88. The highest BCUT2D eigenvalue weighted by Crippen LogP contribution is 2.20. The van der Waals surface area contributed by atoms with Crippen molar-refractivity contribution in [1.29, 1.82) is 0 Å². The van der Waals surface area contributed by atoms with E-state index in [2.05, 4.69) is 5.32 Å². The minimum atomic E-state index is -1.21. The standard InChI is InChI=1S/C16H18ClNO3S/c1-16(20,14-6-3-7-21-14)11-18-15(19)10-22-9-12-4-2-5-13(17)8-12/h2-8,20H,9-11H2,1H3,(H,18,19). The van der Waals surface area contributed by atoms with Crippen molar-refractivity contribution >= 4 is 29.3 Å². The number of rotatable bonds is 7. The number of carbonyl (C=O) groups excluding carboxylic acids is 1. The fourth-order valence-corrected chi connectivity index (χ4v) is 2.90. The summed E-state index contributed by atoms with van der Waals surface area (Å²) >= 11 is 7.41. The van der Waals surface area contributed by atoms with E-state index in [0.29, 0.717) is 22.3 Å². The molecule has 1 heterocycles. The van der Waals surface area contributed by atoms with Crippen LogP contribution < -0.4 is 5.32 Å². The summed E-state index contributed by atoms with van der Waals surface area (Å²) in [5, 5.41) is 13.6. The van der Waals surface area contributed by atoms with Crippen molar-refractivity contribution in [2.75, 3.05) is 12.3 Å². The predicted octanol–water partition coefficient (Wildman–Crippen LogP) is 3.19. The average Bonchev–Trinajstić information content (AvgIpc) is 3.00. The van der Waals surface area contributed by atoms with Crippen molar-refractivity contribution in [1.82, 2.24) is 5.32 Å². The second-order valence-electron chi connectivity index (χ2n) is 5.15. The van der Waals surface area contributed by atoms with E-state index in [9.17, 15) is 9.90 Å². The summed E-state index contributed by atoms with van der Waals surface area (Å²) in [5.74, 6) is 1.33. The van der Waals surface area contributed by atoms with Crippen molar-refractivity contribution in [3.63, 3.8) is 0 Å². The number of halogens is 1. The molecule has 2 rings (SSSR count). The van der Waals surface area contributed by atoms with Gasteiger partial charge in [0.05, 0.1) is 18.6 Å². The lowest BCUT2D eigenvalue weighted by Crippen LogP contribution is -2.39. The van der Waals surface area contributed by atoms with Crippen molar-refractivity contribution in [2.24, 2.45) is 0 Å². The number of thioether (sulfide) groups is 1. The number of hydrogen-bond acceptors (Lipinski definition) is 4. The lowest BCUT2D eigenvalue weighted by molar-refractivity contribution is -0.119. The number of furan rings is 1. The first-order chi connectivity index (χ1) is 10.5.